The molecule has 1 heterocycles. The van der Waals surface area contributed by atoms with E-state index in [0.29, 0.717) is 12.8 Å². The Kier molecular flexibility index (Phi) is 55.5. The fourth-order valence-electron chi connectivity index (χ4n) is 10.6. The summed E-state index contributed by atoms with van der Waals surface area (Å²) in [6.45, 7) is 5.64. The van der Waals surface area contributed by atoms with E-state index in [1.165, 1.54) is 186 Å². The highest BCUT2D eigenvalue weighted by atomic mass is 16.7. The maximum atomic E-state index is 13.5. The SMILES string of the molecule is CC\C=C/C=C/C=C/C=C\C=C\C=C\CCCCCC(=O)OC1C(OCC(NC(=O)C(O)CCCCCCCCCCCCCCCCCCCCCCCCCCCC)C(O)/C=C/CCCCCCCCCCC)OC(CO)C(O)C1O. The number of allylic oxidation sites excluding steroid dienone is 13. The minimum absolute atomic E-state index is 0.0696. The fraction of sp³-hybridized carbons (Fsp3) is 0.778. The number of rotatable bonds is 58. The second-order valence-corrected chi connectivity index (χ2v) is 23.7. The van der Waals surface area contributed by atoms with E-state index in [-0.39, 0.29) is 19.4 Å². The summed E-state index contributed by atoms with van der Waals surface area (Å²) in [4.78, 5) is 26.6. The number of hydrogen-bond acceptors (Lipinski definition) is 10. The van der Waals surface area contributed by atoms with Gasteiger partial charge in [-0.25, -0.2) is 0 Å². The first-order chi connectivity index (χ1) is 40.7. The van der Waals surface area contributed by atoms with Gasteiger partial charge in [-0.3, -0.25) is 9.59 Å². The van der Waals surface area contributed by atoms with Gasteiger partial charge in [-0.1, -0.05) is 331 Å². The van der Waals surface area contributed by atoms with Crippen molar-refractivity contribution in [1.29, 1.82) is 0 Å². The van der Waals surface area contributed by atoms with Crippen molar-refractivity contribution in [2.45, 2.75) is 346 Å². The molecule has 11 heteroatoms. The van der Waals surface area contributed by atoms with E-state index in [2.05, 4.69) is 38.2 Å². The molecule has 83 heavy (non-hydrogen) atoms. The largest absolute Gasteiger partial charge is 0.454 e. The molecule has 1 saturated heterocycles. The molecule has 1 fully saturated rings. The molecule has 6 N–H and O–H groups in total. The topological polar surface area (TPSA) is 175 Å². The van der Waals surface area contributed by atoms with Gasteiger partial charge in [0.25, 0.3) is 0 Å². The average Bonchev–Trinajstić information content (AvgIpc) is 3.69. The second kappa shape index (κ2) is 59.2. The number of unbranched alkanes of at least 4 members (excludes halogenated alkanes) is 37. The van der Waals surface area contributed by atoms with E-state index in [9.17, 15) is 35.1 Å². The summed E-state index contributed by atoms with van der Waals surface area (Å²) in [5.74, 6) is -1.24. The van der Waals surface area contributed by atoms with E-state index in [0.717, 1.165) is 64.2 Å². The van der Waals surface area contributed by atoms with Crippen LogP contribution in [0.25, 0.3) is 0 Å². The minimum Gasteiger partial charge on any atom is -0.454 e. The van der Waals surface area contributed by atoms with Gasteiger partial charge in [-0.2, -0.15) is 0 Å². The van der Waals surface area contributed by atoms with Gasteiger partial charge in [-0.15, -0.1) is 0 Å². The van der Waals surface area contributed by atoms with E-state index in [1.54, 1.807) is 6.08 Å². The molecule has 0 aromatic carbocycles. The maximum Gasteiger partial charge on any atom is 0.306 e. The normalized spacial score (nSPS) is 19.1. The fourth-order valence-corrected chi connectivity index (χ4v) is 10.6. The molecule has 0 aliphatic carbocycles. The predicted octanol–water partition coefficient (Wildman–Crippen LogP) is 17.3. The summed E-state index contributed by atoms with van der Waals surface area (Å²) >= 11 is 0. The maximum absolute atomic E-state index is 13.5. The number of aliphatic hydroxyl groups excluding tert-OH is 5. The molecule has 1 rings (SSSR count). The van der Waals surface area contributed by atoms with Crippen molar-refractivity contribution in [2.75, 3.05) is 13.2 Å². The Labute approximate surface area is 508 Å². The monoisotopic (exact) mass is 1170 g/mol. The van der Waals surface area contributed by atoms with E-state index in [1.807, 2.05) is 66.8 Å². The quantitative estimate of drug-likeness (QED) is 0.0149. The summed E-state index contributed by atoms with van der Waals surface area (Å²) in [5.41, 5.74) is 0. The highest BCUT2D eigenvalue weighted by Gasteiger charge is 2.47. The summed E-state index contributed by atoms with van der Waals surface area (Å²) in [6, 6.07) is -1.04. The van der Waals surface area contributed by atoms with Crippen LogP contribution in [0.5, 0.6) is 0 Å². The molecule has 1 amide bonds. The standard InChI is InChI=1S/C72H127NO10/c1-4-7-10-13-16-19-22-24-26-28-29-30-31-32-33-34-35-36-38-39-41-44-47-50-53-56-59-65(76)71(80)73-63(64(75)58-55-52-49-46-43-21-18-15-12-9-6-3)62-81-72-70(69(79)68(78)66(61-74)82-72)83-67(77)60-57-54-51-48-45-42-40-37-27-25-23-20-17-14-11-8-5-2/h8,11,14,17,20,23,25,27,37,40,42,45,55,58,63-66,68-70,72,74-76,78-79H,4-7,9-10,12-13,15-16,18-19,21-22,24,26,28-36,38-39,41,43-44,46-54,56-57,59-62H2,1-3H3,(H,73,80)/b11-8-,17-14+,23-20+,27-25-,40-37+,45-42+,58-55+. The van der Waals surface area contributed by atoms with Crippen LogP contribution in [0.1, 0.15) is 297 Å². The van der Waals surface area contributed by atoms with Gasteiger partial charge in [0, 0.05) is 6.42 Å². The zero-order valence-corrected chi connectivity index (χ0v) is 53.3. The molecule has 8 atom stereocenters. The highest BCUT2D eigenvalue weighted by Crippen LogP contribution is 2.26. The lowest BCUT2D eigenvalue weighted by Gasteiger charge is -2.41. The van der Waals surface area contributed by atoms with Gasteiger partial charge in [0.2, 0.25) is 5.91 Å². The van der Waals surface area contributed by atoms with Crippen molar-refractivity contribution < 1.29 is 49.3 Å². The van der Waals surface area contributed by atoms with E-state index < -0.39 is 67.4 Å². The number of hydrogen-bond donors (Lipinski definition) is 6. The number of carbonyl (C=O) groups is 2. The van der Waals surface area contributed by atoms with Crippen LogP contribution in [0, 0.1) is 0 Å². The van der Waals surface area contributed by atoms with Crippen LogP contribution < -0.4 is 5.32 Å². The number of esters is 1. The molecule has 0 aromatic rings. The summed E-state index contributed by atoms with van der Waals surface area (Å²) in [5, 5.41) is 57.1. The molecule has 1 aliphatic rings. The van der Waals surface area contributed by atoms with Crippen molar-refractivity contribution in [3.8, 4) is 0 Å². The number of amides is 1. The number of ether oxygens (including phenoxy) is 3. The average molecular weight is 1170 g/mol. The van der Waals surface area contributed by atoms with Crippen molar-refractivity contribution in [3.05, 3.63) is 85.1 Å². The van der Waals surface area contributed by atoms with Crippen LogP contribution >= 0.6 is 0 Å². The third-order valence-corrected chi connectivity index (χ3v) is 16.0. The van der Waals surface area contributed by atoms with Gasteiger partial charge < -0.3 is 45.1 Å². The number of aliphatic hydroxyl groups is 5. The first-order valence-corrected chi connectivity index (χ1v) is 34.4. The van der Waals surface area contributed by atoms with Gasteiger partial charge in [-0.05, 0) is 44.9 Å². The van der Waals surface area contributed by atoms with Gasteiger partial charge in [0.15, 0.2) is 12.4 Å². The van der Waals surface area contributed by atoms with Crippen LogP contribution in [-0.4, -0.2) is 99.6 Å². The van der Waals surface area contributed by atoms with Crippen LogP contribution in [-0.2, 0) is 23.8 Å². The van der Waals surface area contributed by atoms with Gasteiger partial charge >= 0.3 is 5.97 Å². The molecular formula is C72H127NO10. The van der Waals surface area contributed by atoms with Crippen LogP contribution in [0.2, 0.25) is 0 Å². The van der Waals surface area contributed by atoms with E-state index >= 15 is 0 Å². The van der Waals surface area contributed by atoms with Crippen molar-refractivity contribution >= 4 is 11.9 Å². The van der Waals surface area contributed by atoms with Crippen molar-refractivity contribution in [3.63, 3.8) is 0 Å². The zero-order chi connectivity index (χ0) is 60.3. The van der Waals surface area contributed by atoms with E-state index in [4.69, 9.17) is 14.2 Å². The molecule has 8 unspecified atom stereocenters. The van der Waals surface area contributed by atoms with Crippen molar-refractivity contribution in [1.82, 2.24) is 5.32 Å². The summed E-state index contributed by atoms with van der Waals surface area (Å²) in [7, 11) is 0. The molecule has 1 aliphatic heterocycles. The molecule has 0 saturated carbocycles. The summed E-state index contributed by atoms with van der Waals surface area (Å²) < 4.78 is 17.6. The van der Waals surface area contributed by atoms with Crippen LogP contribution in [0.4, 0.5) is 0 Å². The van der Waals surface area contributed by atoms with Crippen LogP contribution in [0.15, 0.2) is 85.1 Å². The molecule has 480 valence electrons. The Hall–Kier alpha value is -3.16. The number of nitrogens with one attached hydrogen (secondary N) is 1. The van der Waals surface area contributed by atoms with Crippen LogP contribution in [0.3, 0.4) is 0 Å². The second-order valence-electron chi connectivity index (χ2n) is 23.7. The van der Waals surface area contributed by atoms with Gasteiger partial charge in [0.1, 0.15) is 24.4 Å². The Morgan fingerprint density at radius 2 is 0.867 bits per heavy atom. The molecule has 0 radical (unpaired) electrons. The lowest BCUT2D eigenvalue weighted by molar-refractivity contribution is -0.305. The highest BCUT2D eigenvalue weighted by molar-refractivity contribution is 5.80. The molecule has 11 nitrogen and oxygen atoms in total. The lowest BCUT2D eigenvalue weighted by Crippen LogP contribution is -2.61. The minimum atomic E-state index is -1.64. The third-order valence-electron chi connectivity index (χ3n) is 16.0. The zero-order valence-electron chi connectivity index (χ0n) is 53.3. The summed E-state index contributed by atoms with van der Waals surface area (Å²) in [6.07, 6.45) is 67.9. The molecule has 0 aromatic heterocycles. The smallest absolute Gasteiger partial charge is 0.306 e. The first kappa shape index (κ1) is 77.9. The molecule has 0 spiro atoms. The van der Waals surface area contributed by atoms with Gasteiger partial charge in [0.05, 0.1) is 25.4 Å². The van der Waals surface area contributed by atoms with Crippen molar-refractivity contribution in [2.24, 2.45) is 0 Å². The Bertz CT molecular complexity index is 1670. The Balaban J connectivity index is 2.57. The predicted molar refractivity (Wildman–Crippen MR) is 347 cm³/mol. The lowest BCUT2D eigenvalue weighted by atomic mass is 9.99. The third kappa shape index (κ3) is 46.7. The Morgan fingerprint density at radius 3 is 1.30 bits per heavy atom. The number of carbonyl (C=O) groups excluding carboxylic acids is 2. The Morgan fingerprint density at radius 1 is 0.482 bits per heavy atom. The molecular weight excluding hydrogens is 1040 g/mol. The molecule has 0 bridgehead atoms. The first-order valence-electron chi connectivity index (χ1n) is 34.4.